The number of rotatable bonds is 3. The van der Waals surface area contributed by atoms with Crippen LogP contribution in [0.15, 0.2) is 0 Å². The van der Waals surface area contributed by atoms with Gasteiger partial charge in [0.2, 0.25) is 0 Å². The maximum Gasteiger partial charge on any atom is 0.414 e. The standard InChI is InChI=1S/C4H11NO.C2H2O4/c1-5-3-4-6-2;3-1(4)2(5)6/h5H,3-4H2,1-2H3;(H,3,4)(H,5,6). The smallest absolute Gasteiger partial charge is 0.414 e. The van der Waals surface area contributed by atoms with E-state index in [1.54, 1.807) is 7.11 Å². The lowest BCUT2D eigenvalue weighted by molar-refractivity contribution is -0.159. The molecule has 0 atom stereocenters. The minimum absolute atomic E-state index is 0.802. The van der Waals surface area contributed by atoms with Crippen molar-refractivity contribution in [2.45, 2.75) is 0 Å². The average Bonchev–Trinajstić information content (AvgIpc) is 2.02. The Morgan fingerprint density at radius 2 is 1.75 bits per heavy atom. The number of nitrogens with one attached hydrogen (secondary N) is 1. The van der Waals surface area contributed by atoms with Crippen LogP contribution >= 0.6 is 0 Å². The number of hydrogen-bond acceptors (Lipinski definition) is 4. The van der Waals surface area contributed by atoms with E-state index in [0.717, 1.165) is 13.2 Å². The monoisotopic (exact) mass is 179 g/mol. The first-order valence-electron chi connectivity index (χ1n) is 3.16. The molecule has 0 aliphatic heterocycles. The van der Waals surface area contributed by atoms with E-state index in [0.29, 0.717) is 0 Å². The minimum atomic E-state index is -1.82. The van der Waals surface area contributed by atoms with Crippen LogP contribution in [0.4, 0.5) is 0 Å². The van der Waals surface area contributed by atoms with Gasteiger partial charge in [-0.25, -0.2) is 9.59 Å². The zero-order chi connectivity index (χ0) is 9.98. The van der Waals surface area contributed by atoms with Crippen LogP contribution in [0.2, 0.25) is 0 Å². The van der Waals surface area contributed by atoms with E-state index in [4.69, 9.17) is 24.5 Å². The fourth-order valence-electron chi connectivity index (χ4n) is 0.204. The Balaban J connectivity index is 0. The van der Waals surface area contributed by atoms with E-state index in [2.05, 4.69) is 5.32 Å². The predicted octanol–water partition coefficient (Wildman–Crippen LogP) is -0.992. The molecule has 0 fully saturated rings. The van der Waals surface area contributed by atoms with Gasteiger partial charge < -0.3 is 20.3 Å². The summed E-state index contributed by atoms with van der Waals surface area (Å²) < 4.78 is 4.72. The lowest BCUT2D eigenvalue weighted by Gasteiger charge is -1.92. The molecule has 0 heterocycles. The fourth-order valence-corrected chi connectivity index (χ4v) is 0.204. The second-order valence-corrected chi connectivity index (χ2v) is 1.71. The van der Waals surface area contributed by atoms with Crippen molar-refractivity contribution in [3.63, 3.8) is 0 Å². The Kier molecular flexibility index (Phi) is 11.1. The molecule has 6 nitrogen and oxygen atoms in total. The van der Waals surface area contributed by atoms with Crippen molar-refractivity contribution in [2.24, 2.45) is 0 Å². The molecule has 0 aliphatic rings. The van der Waals surface area contributed by atoms with Crippen LogP contribution in [-0.4, -0.2) is 49.5 Å². The van der Waals surface area contributed by atoms with E-state index in [1.165, 1.54) is 0 Å². The molecular formula is C6H13NO5. The van der Waals surface area contributed by atoms with Gasteiger partial charge in [-0.2, -0.15) is 0 Å². The van der Waals surface area contributed by atoms with Crippen molar-refractivity contribution >= 4 is 11.9 Å². The Morgan fingerprint density at radius 1 is 1.33 bits per heavy atom. The molecule has 12 heavy (non-hydrogen) atoms. The third kappa shape index (κ3) is 15.9. The molecule has 0 amide bonds. The molecule has 6 heteroatoms. The summed E-state index contributed by atoms with van der Waals surface area (Å²) in [5, 5.41) is 17.7. The van der Waals surface area contributed by atoms with E-state index >= 15 is 0 Å². The van der Waals surface area contributed by atoms with Gasteiger partial charge in [0.25, 0.3) is 0 Å². The van der Waals surface area contributed by atoms with Gasteiger partial charge in [-0.3, -0.25) is 0 Å². The predicted molar refractivity (Wildman–Crippen MR) is 41.1 cm³/mol. The Hall–Kier alpha value is -1.14. The first-order valence-corrected chi connectivity index (χ1v) is 3.16. The lowest BCUT2D eigenvalue weighted by atomic mass is 10.7. The third-order valence-corrected chi connectivity index (χ3v) is 0.739. The summed E-state index contributed by atoms with van der Waals surface area (Å²) in [5.41, 5.74) is 0. The number of hydrogen-bond donors (Lipinski definition) is 3. The summed E-state index contributed by atoms with van der Waals surface area (Å²) >= 11 is 0. The van der Waals surface area contributed by atoms with Crippen LogP contribution < -0.4 is 5.32 Å². The zero-order valence-electron chi connectivity index (χ0n) is 7.03. The highest BCUT2D eigenvalue weighted by Gasteiger charge is 2.04. The van der Waals surface area contributed by atoms with Crippen LogP contribution in [0.5, 0.6) is 0 Å². The van der Waals surface area contributed by atoms with Crippen molar-refractivity contribution in [3.8, 4) is 0 Å². The Morgan fingerprint density at radius 3 is 1.83 bits per heavy atom. The second kappa shape index (κ2) is 9.86. The maximum absolute atomic E-state index is 9.10. The van der Waals surface area contributed by atoms with Crippen molar-refractivity contribution in [2.75, 3.05) is 27.3 Å². The quantitative estimate of drug-likeness (QED) is 0.380. The molecular weight excluding hydrogens is 166 g/mol. The molecule has 0 radical (unpaired) electrons. The molecule has 0 saturated carbocycles. The molecule has 0 spiro atoms. The van der Waals surface area contributed by atoms with Crippen LogP contribution in [0.1, 0.15) is 0 Å². The highest BCUT2D eigenvalue weighted by molar-refractivity contribution is 6.27. The van der Waals surface area contributed by atoms with Crippen molar-refractivity contribution in [1.82, 2.24) is 5.32 Å². The topological polar surface area (TPSA) is 95.9 Å². The number of carbonyl (C=O) groups is 2. The summed E-state index contributed by atoms with van der Waals surface area (Å²) in [7, 11) is 3.59. The van der Waals surface area contributed by atoms with E-state index in [1.807, 2.05) is 7.05 Å². The van der Waals surface area contributed by atoms with Gasteiger partial charge in [-0.15, -0.1) is 0 Å². The first-order chi connectivity index (χ1) is 5.56. The molecule has 0 rings (SSSR count). The van der Waals surface area contributed by atoms with E-state index in [-0.39, 0.29) is 0 Å². The number of carboxylic acid groups (broad SMARTS) is 2. The summed E-state index contributed by atoms with van der Waals surface area (Å²) in [5.74, 6) is -3.65. The summed E-state index contributed by atoms with van der Waals surface area (Å²) in [4.78, 5) is 18.2. The highest BCUT2D eigenvalue weighted by Crippen LogP contribution is 1.57. The third-order valence-electron chi connectivity index (χ3n) is 0.739. The van der Waals surface area contributed by atoms with Gasteiger partial charge in [0.05, 0.1) is 6.61 Å². The minimum Gasteiger partial charge on any atom is -0.473 e. The number of aliphatic carboxylic acids is 2. The number of carboxylic acids is 2. The molecule has 3 N–H and O–H groups in total. The van der Waals surface area contributed by atoms with Crippen LogP contribution in [0.25, 0.3) is 0 Å². The zero-order valence-corrected chi connectivity index (χ0v) is 7.03. The molecule has 0 aromatic carbocycles. The number of methoxy groups -OCH3 is 1. The average molecular weight is 179 g/mol. The molecule has 0 aromatic heterocycles. The lowest BCUT2D eigenvalue weighted by Crippen LogP contribution is -2.12. The van der Waals surface area contributed by atoms with Crippen LogP contribution in [-0.2, 0) is 14.3 Å². The first kappa shape index (κ1) is 13.4. The fraction of sp³-hybridized carbons (Fsp3) is 0.667. The maximum atomic E-state index is 9.10. The van der Waals surface area contributed by atoms with Crippen molar-refractivity contribution in [1.29, 1.82) is 0 Å². The van der Waals surface area contributed by atoms with Crippen molar-refractivity contribution in [3.05, 3.63) is 0 Å². The molecule has 72 valence electrons. The van der Waals surface area contributed by atoms with Gasteiger partial charge in [-0.1, -0.05) is 0 Å². The van der Waals surface area contributed by atoms with Gasteiger partial charge in [0, 0.05) is 13.7 Å². The summed E-state index contributed by atoms with van der Waals surface area (Å²) in [6, 6.07) is 0. The van der Waals surface area contributed by atoms with Gasteiger partial charge in [0.15, 0.2) is 0 Å². The Bertz CT molecular complexity index is 120. The van der Waals surface area contributed by atoms with Gasteiger partial charge >= 0.3 is 11.9 Å². The largest absolute Gasteiger partial charge is 0.473 e. The van der Waals surface area contributed by atoms with E-state index in [9.17, 15) is 0 Å². The normalized spacial score (nSPS) is 8.17. The number of likely N-dealkylation sites (N-methyl/N-ethyl adjacent to an activating group) is 1. The van der Waals surface area contributed by atoms with E-state index < -0.39 is 11.9 Å². The SMILES string of the molecule is CNCCOC.O=C(O)C(=O)O. The molecule has 0 bridgehead atoms. The second-order valence-electron chi connectivity index (χ2n) is 1.71. The molecule has 0 saturated heterocycles. The highest BCUT2D eigenvalue weighted by atomic mass is 16.5. The van der Waals surface area contributed by atoms with Crippen LogP contribution in [0.3, 0.4) is 0 Å². The van der Waals surface area contributed by atoms with Gasteiger partial charge in [0.1, 0.15) is 0 Å². The van der Waals surface area contributed by atoms with Gasteiger partial charge in [-0.05, 0) is 7.05 Å². The molecule has 0 aromatic rings. The Labute approximate surface area is 70.1 Å². The summed E-state index contributed by atoms with van der Waals surface area (Å²) in [6.45, 7) is 1.74. The summed E-state index contributed by atoms with van der Waals surface area (Å²) in [6.07, 6.45) is 0. The van der Waals surface area contributed by atoms with Crippen LogP contribution in [0, 0.1) is 0 Å². The number of ether oxygens (including phenoxy) is 1. The molecule has 0 unspecified atom stereocenters. The molecule has 0 aliphatic carbocycles. The van der Waals surface area contributed by atoms with Crippen molar-refractivity contribution < 1.29 is 24.5 Å².